The Labute approximate surface area is 115 Å². The molecule has 0 aromatic heterocycles. The van der Waals surface area contributed by atoms with Gasteiger partial charge in [-0.05, 0) is 31.0 Å². The van der Waals surface area contributed by atoms with Crippen LogP contribution >= 0.6 is 24.2 Å². The Morgan fingerprint density at radius 2 is 2.11 bits per heavy atom. The van der Waals surface area contributed by atoms with Crippen LogP contribution in [0.3, 0.4) is 0 Å². The lowest BCUT2D eigenvalue weighted by Gasteiger charge is -2.07. The first-order valence-electron chi connectivity index (χ1n) is 5.62. The van der Waals surface area contributed by atoms with Crippen molar-refractivity contribution in [2.45, 2.75) is 23.8 Å². The summed E-state index contributed by atoms with van der Waals surface area (Å²) >= 11 is 10.0. The summed E-state index contributed by atoms with van der Waals surface area (Å²) < 4.78 is 0. The first kappa shape index (κ1) is 13.2. The van der Waals surface area contributed by atoms with Gasteiger partial charge in [0.2, 0.25) is 5.91 Å². The fourth-order valence-corrected chi connectivity index (χ4v) is 1.86. The summed E-state index contributed by atoms with van der Waals surface area (Å²) in [5.74, 6) is -0.550. The molecule has 0 spiro atoms. The average Bonchev–Trinajstić information content (AvgIpc) is 3.13. The van der Waals surface area contributed by atoms with Crippen molar-refractivity contribution in [2.24, 2.45) is 0 Å². The quantitative estimate of drug-likeness (QED) is 0.736. The Morgan fingerprint density at radius 1 is 1.39 bits per heavy atom. The van der Waals surface area contributed by atoms with Crippen molar-refractivity contribution in [3.8, 4) is 0 Å². The molecule has 2 N–H and O–H groups in total. The maximum atomic E-state index is 11.8. The highest BCUT2D eigenvalue weighted by molar-refractivity contribution is 7.80. The van der Waals surface area contributed by atoms with Crippen LogP contribution in [0.5, 0.6) is 0 Å². The van der Waals surface area contributed by atoms with E-state index in [1.165, 1.54) is 0 Å². The van der Waals surface area contributed by atoms with E-state index in [0.29, 0.717) is 21.5 Å². The number of halogens is 1. The molecule has 0 atom stereocenters. The Kier molecular flexibility index (Phi) is 4.14. The second-order valence-corrected chi connectivity index (χ2v) is 5.11. The first-order valence-corrected chi connectivity index (χ1v) is 6.45. The average molecular weight is 285 g/mol. The molecule has 2 rings (SSSR count). The SMILES string of the molecule is O=C(CNC(=O)c1cc(S)ccc1Cl)NC1CC1. The molecule has 1 aromatic carbocycles. The van der Waals surface area contributed by atoms with Gasteiger partial charge in [0.05, 0.1) is 17.1 Å². The number of carbonyl (C=O) groups is 2. The largest absolute Gasteiger partial charge is 0.352 e. The van der Waals surface area contributed by atoms with E-state index in [1.807, 2.05) is 0 Å². The highest BCUT2D eigenvalue weighted by Crippen LogP contribution is 2.19. The smallest absolute Gasteiger partial charge is 0.253 e. The summed E-state index contributed by atoms with van der Waals surface area (Å²) in [5, 5.41) is 5.66. The Balaban J connectivity index is 1.90. The van der Waals surface area contributed by atoms with Crippen LogP contribution in [0.2, 0.25) is 5.02 Å². The fourth-order valence-electron chi connectivity index (χ4n) is 1.45. The van der Waals surface area contributed by atoms with Crippen LogP contribution in [-0.2, 0) is 4.79 Å². The zero-order valence-electron chi connectivity index (χ0n) is 9.57. The van der Waals surface area contributed by atoms with E-state index >= 15 is 0 Å². The second kappa shape index (κ2) is 5.63. The molecule has 1 aliphatic rings. The van der Waals surface area contributed by atoms with E-state index in [9.17, 15) is 9.59 Å². The van der Waals surface area contributed by atoms with Gasteiger partial charge in [0, 0.05) is 10.9 Å². The molecule has 6 heteroatoms. The van der Waals surface area contributed by atoms with Gasteiger partial charge in [-0.2, -0.15) is 0 Å². The molecule has 0 aliphatic heterocycles. The minimum Gasteiger partial charge on any atom is -0.352 e. The molecule has 0 saturated heterocycles. The molecule has 0 unspecified atom stereocenters. The maximum absolute atomic E-state index is 11.8. The molecule has 1 saturated carbocycles. The summed E-state index contributed by atoms with van der Waals surface area (Å²) in [6.07, 6.45) is 2.04. The molecular formula is C12H13ClN2O2S. The maximum Gasteiger partial charge on any atom is 0.253 e. The molecule has 2 amide bonds. The van der Waals surface area contributed by atoms with Crippen molar-refractivity contribution in [1.29, 1.82) is 0 Å². The highest BCUT2D eigenvalue weighted by Gasteiger charge is 2.23. The Hall–Kier alpha value is -1.20. The third-order valence-electron chi connectivity index (χ3n) is 2.55. The number of amides is 2. The van der Waals surface area contributed by atoms with Crippen molar-refractivity contribution in [1.82, 2.24) is 10.6 Å². The molecule has 96 valence electrons. The lowest BCUT2D eigenvalue weighted by Crippen LogP contribution is -2.37. The lowest BCUT2D eigenvalue weighted by molar-refractivity contribution is -0.120. The van der Waals surface area contributed by atoms with Crippen LogP contribution in [0.15, 0.2) is 23.1 Å². The van der Waals surface area contributed by atoms with Crippen LogP contribution in [-0.4, -0.2) is 24.4 Å². The lowest BCUT2D eigenvalue weighted by atomic mass is 10.2. The number of hydrogen-bond donors (Lipinski definition) is 3. The third kappa shape index (κ3) is 3.65. The minimum atomic E-state index is -0.373. The monoisotopic (exact) mass is 284 g/mol. The van der Waals surface area contributed by atoms with Crippen molar-refractivity contribution >= 4 is 36.0 Å². The van der Waals surface area contributed by atoms with Crippen LogP contribution in [0.25, 0.3) is 0 Å². The fraction of sp³-hybridized carbons (Fsp3) is 0.333. The van der Waals surface area contributed by atoms with Gasteiger partial charge >= 0.3 is 0 Å². The van der Waals surface area contributed by atoms with Gasteiger partial charge in [-0.1, -0.05) is 11.6 Å². The molecule has 1 aliphatic carbocycles. The third-order valence-corrected chi connectivity index (χ3v) is 3.15. The minimum absolute atomic E-state index is 0.0392. The molecular weight excluding hydrogens is 272 g/mol. The van der Waals surface area contributed by atoms with Crippen molar-refractivity contribution in [3.63, 3.8) is 0 Å². The van der Waals surface area contributed by atoms with E-state index in [2.05, 4.69) is 23.3 Å². The number of benzene rings is 1. The Bertz CT molecular complexity index is 489. The standard InChI is InChI=1S/C12H13ClN2O2S/c13-10-4-3-8(18)5-9(10)12(17)14-6-11(16)15-7-1-2-7/h3-5,7,18H,1-2,6H2,(H,14,17)(H,15,16). The van der Waals surface area contributed by atoms with Crippen molar-refractivity contribution in [3.05, 3.63) is 28.8 Å². The molecule has 0 bridgehead atoms. The molecule has 4 nitrogen and oxygen atoms in total. The van der Waals surface area contributed by atoms with Gasteiger partial charge < -0.3 is 10.6 Å². The van der Waals surface area contributed by atoms with E-state index in [0.717, 1.165) is 12.8 Å². The first-order chi connectivity index (χ1) is 8.56. The normalized spacial score (nSPS) is 14.1. The summed E-state index contributed by atoms with van der Waals surface area (Å²) in [7, 11) is 0. The van der Waals surface area contributed by atoms with Crippen molar-refractivity contribution in [2.75, 3.05) is 6.54 Å². The van der Waals surface area contributed by atoms with Gasteiger partial charge in [-0.3, -0.25) is 9.59 Å². The summed E-state index contributed by atoms with van der Waals surface area (Å²) in [6.45, 7) is -0.0392. The predicted octanol–water partition coefficient (Wildman–Crippen LogP) is 1.64. The zero-order valence-corrected chi connectivity index (χ0v) is 11.2. The molecule has 0 radical (unpaired) electrons. The van der Waals surface area contributed by atoms with Crippen LogP contribution in [0.1, 0.15) is 23.2 Å². The van der Waals surface area contributed by atoms with E-state index in [1.54, 1.807) is 18.2 Å². The van der Waals surface area contributed by atoms with Gasteiger partial charge in [-0.25, -0.2) is 0 Å². The van der Waals surface area contributed by atoms with Gasteiger partial charge in [0.1, 0.15) is 0 Å². The van der Waals surface area contributed by atoms with Crippen LogP contribution in [0.4, 0.5) is 0 Å². The van der Waals surface area contributed by atoms with Gasteiger partial charge in [0.25, 0.3) is 5.91 Å². The number of nitrogens with one attached hydrogen (secondary N) is 2. The van der Waals surface area contributed by atoms with Crippen molar-refractivity contribution < 1.29 is 9.59 Å². The predicted molar refractivity (Wildman–Crippen MR) is 72.2 cm³/mol. The summed E-state index contributed by atoms with van der Waals surface area (Å²) in [5.41, 5.74) is 0.323. The molecule has 18 heavy (non-hydrogen) atoms. The van der Waals surface area contributed by atoms with Gasteiger partial charge in [0.15, 0.2) is 0 Å². The molecule has 1 fully saturated rings. The highest BCUT2D eigenvalue weighted by atomic mass is 35.5. The second-order valence-electron chi connectivity index (χ2n) is 4.19. The van der Waals surface area contributed by atoms with Gasteiger partial charge in [-0.15, -0.1) is 12.6 Å². The van der Waals surface area contributed by atoms with Crippen LogP contribution < -0.4 is 10.6 Å². The molecule has 1 aromatic rings. The number of thiol groups is 1. The van der Waals surface area contributed by atoms with E-state index in [-0.39, 0.29) is 18.4 Å². The van der Waals surface area contributed by atoms with E-state index in [4.69, 9.17) is 11.6 Å². The number of hydrogen-bond acceptors (Lipinski definition) is 3. The van der Waals surface area contributed by atoms with E-state index < -0.39 is 0 Å². The number of rotatable bonds is 4. The number of carbonyl (C=O) groups excluding carboxylic acids is 2. The van der Waals surface area contributed by atoms with Crippen LogP contribution in [0, 0.1) is 0 Å². The summed E-state index contributed by atoms with van der Waals surface area (Å²) in [6, 6.07) is 5.16. The molecule has 0 heterocycles. The summed E-state index contributed by atoms with van der Waals surface area (Å²) in [4.78, 5) is 23.9. The topological polar surface area (TPSA) is 58.2 Å². The zero-order chi connectivity index (χ0) is 13.1. The Morgan fingerprint density at radius 3 is 2.78 bits per heavy atom.